The summed E-state index contributed by atoms with van der Waals surface area (Å²) in [5, 5.41) is 6.72. The summed E-state index contributed by atoms with van der Waals surface area (Å²) >= 11 is 0. The minimum Gasteiger partial charge on any atom is -0.492 e. The molecule has 1 amide bonds. The predicted molar refractivity (Wildman–Crippen MR) is 101 cm³/mol. The lowest BCUT2D eigenvalue weighted by molar-refractivity contribution is -0.137. The molecule has 10 heteroatoms. The van der Waals surface area contributed by atoms with Crippen LogP contribution in [0.4, 0.5) is 13.2 Å². The van der Waals surface area contributed by atoms with Gasteiger partial charge in [-0.3, -0.25) is 9.59 Å². The smallest absolute Gasteiger partial charge is 0.416 e. The first kappa shape index (κ1) is 21.2. The molecule has 7 nitrogen and oxygen atoms in total. The Morgan fingerprint density at radius 2 is 2.03 bits per heavy atom. The Balaban J connectivity index is 1.57. The molecule has 1 unspecified atom stereocenters. The Morgan fingerprint density at radius 1 is 1.23 bits per heavy atom. The average Bonchev–Trinajstić information content (AvgIpc) is 3.25. The molecular weight excluding hydrogens is 403 g/mol. The van der Waals surface area contributed by atoms with E-state index < -0.39 is 29.2 Å². The number of ether oxygens (including phenoxy) is 1. The molecule has 1 aromatic carbocycles. The third-order valence-electron chi connectivity index (χ3n) is 4.18. The monoisotopic (exact) mass is 421 g/mol. The van der Waals surface area contributed by atoms with Crippen LogP contribution in [0.3, 0.4) is 0 Å². The summed E-state index contributed by atoms with van der Waals surface area (Å²) < 4.78 is 49.7. The number of benzene rings is 1. The molecule has 0 saturated heterocycles. The van der Waals surface area contributed by atoms with Gasteiger partial charge in [-0.15, -0.1) is 0 Å². The normalized spacial score (nSPS) is 12.4. The summed E-state index contributed by atoms with van der Waals surface area (Å²) in [6, 6.07) is 9.66. The molecule has 30 heavy (non-hydrogen) atoms. The van der Waals surface area contributed by atoms with Gasteiger partial charge in [-0.25, -0.2) is 4.68 Å². The molecule has 0 saturated carbocycles. The molecule has 0 radical (unpaired) electrons. The predicted octanol–water partition coefficient (Wildman–Crippen LogP) is 3.28. The van der Waals surface area contributed by atoms with Crippen molar-refractivity contribution in [1.29, 1.82) is 0 Å². The molecule has 0 aliphatic carbocycles. The number of nitrogens with zero attached hydrogens (tertiary/aromatic N) is 2. The van der Waals surface area contributed by atoms with E-state index in [-0.39, 0.29) is 18.9 Å². The maximum Gasteiger partial charge on any atom is 0.416 e. The molecular formula is C20H18F3N3O4. The SMILES string of the molecule is CC(C(=O)NCCOc1cccc(C(F)(F)F)c1)n1nc(-c2ccco2)ccc1=O. The van der Waals surface area contributed by atoms with Gasteiger partial charge in [0, 0.05) is 6.07 Å². The second kappa shape index (κ2) is 8.85. The number of rotatable bonds is 7. The molecule has 158 valence electrons. The number of amides is 1. The number of hydrogen-bond acceptors (Lipinski definition) is 5. The Kier molecular flexibility index (Phi) is 6.24. The van der Waals surface area contributed by atoms with Crippen LogP contribution in [0.15, 0.2) is 64.0 Å². The topological polar surface area (TPSA) is 86.4 Å². The Hall–Kier alpha value is -3.56. The highest BCUT2D eigenvalue weighted by Gasteiger charge is 2.30. The minimum absolute atomic E-state index is 0.0338. The van der Waals surface area contributed by atoms with Gasteiger partial charge >= 0.3 is 6.18 Å². The Labute approximate surface area is 169 Å². The van der Waals surface area contributed by atoms with Crippen LogP contribution in [0, 0.1) is 0 Å². The van der Waals surface area contributed by atoms with E-state index in [2.05, 4.69) is 10.4 Å². The van der Waals surface area contributed by atoms with Crippen LogP contribution in [0.1, 0.15) is 18.5 Å². The van der Waals surface area contributed by atoms with Gasteiger partial charge in [0.1, 0.15) is 24.1 Å². The van der Waals surface area contributed by atoms with E-state index >= 15 is 0 Å². The molecule has 0 fully saturated rings. The van der Waals surface area contributed by atoms with Crippen molar-refractivity contribution in [3.8, 4) is 17.2 Å². The summed E-state index contributed by atoms with van der Waals surface area (Å²) in [6.07, 6.45) is -3.00. The number of alkyl halides is 3. The van der Waals surface area contributed by atoms with Gasteiger partial charge in [0.15, 0.2) is 5.76 Å². The quantitative estimate of drug-likeness (QED) is 0.592. The van der Waals surface area contributed by atoms with Crippen molar-refractivity contribution in [3.63, 3.8) is 0 Å². The summed E-state index contributed by atoms with van der Waals surface area (Å²) in [7, 11) is 0. The average molecular weight is 421 g/mol. The molecule has 0 bridgehead atoms. The van der Waals surface area contributed by atoms with Gasteiger partial charge < -0.3 is 14.5 Å². The van der Waals surface area contributed by atoms with Gasteiger partial charge in [0.25, 0.3) is 5.56 Å². The van der Waals surface area contributed by atoms with Gasteiger partial charge in [0.2, 0.25) is 5.91 Å². The van der Waals surface area contributed by atoms with Crippen molar-refractivity contribution in [3.05, 3.63) is 70.7 Å². The van der Waals surface area contributed by atoms with Crippen molar-refractivity contribution >= 4 is 5.91 Å². The van der Waals surface area contributed by atoms with E-state index in [0.29, 0.717) is 11.5 Å². The fourth-order valence-corrected chi connectivity index (χ4v) is 2.62. The van der Waals surface area contributed by atoms with Crippen LogP contribution in [0.5, 0.6) is 5.75 Å². The molecule has 2 aromatic heterocycles. The van der Waals surface area contributed by atoms with Crippen molar-refractivity contribution in [1.82, 2.24) is 15.1 Å². The zero-order valence-corrected chi connectivity index (χ0v) is 15.8. The summed E-state index contributed by atoms with van der Waals surface area (Å²) in [6.45, 7) is 1.49. The van der Waals surface area contributed by atoms with Crippen LogP contribution < -0.4 is 15.6 Å². The van der Waals surface area contributed by atoms with Crippen molar-refractivity contribution in [2.24, 2.45) is 0 Å². The zero-order chi connectivity index (χ0) is 21.7. The lowest BCUT2D eigenvalue weighted by Crippen LogP contribution is -2.38. The van der Waals surface area contributed by atoms with Crippen molar-refractivity contribution < 1.29 is 27.1 Å². The Bertz CT molecular complexity index is 1060. The van der Waals surface area contributed by atoms with E-state index in [4.69, 9.17) is 9.15 Å². The zero-order valence-electron chi connectivity index (χ0n) is 15.8. The van der Waals surface area contributed by atoms with Crippen molar-refractivity contribution in [2.75, 3.05) is 13.2 Å². The van der Waals surface area contributed by atoms with Crippen LogP contribution in [-0.2, 0) is 11.0 Å². The number of furan rings is 1. The van der Waals surface area contributed by atoms with E-state index in [0.717, 1.165) is 16.8 Å². The lowest BCUT2D eigenvalue weighted by Gasteiger charge is -2.15. The number of aromatic nitrogens is 2. The summed E-state index contributed by atoms with van der Waals surface area (Å²) in [4.78, 5) is 24.4. The lowest BCUT2D eigenvalue weighted by atomic mass is 10.2. The summed E-state index contributed by atoms with van der Waals surface area (Å²) in [5.74, 6) is -0.00385. The number of nitrogens with one attached hydrogen (secondary N) is 1. The summed E-state index contributed by atoms with van der Waals surface area (Å²) in [5.41, 5.74) is -0.889. The van der Waals surface area contributed by atoms with Crippen LogP contribution in [0.2, 0.25) is 0 Å². The van der Waals surface area contributed by atoms with Crippen LogP contribution in [0.25, 0.3) is 11.5 Å². The molecule has 0 aliphatic rings. The van der Waals surface area contributed by atoms with Gasteiger partial charge in [-0.2, -0.15) is 18.3 Å². The van der Waals surface area contributed by atoms with Gasteiger partial charge in [-0.05, 0) is 43.3 Å². The molecule has 2 heterocycles. The van der Waals surface area contributed by atoms with Crippen LogP contribution >= 0.6 is 0 Å². The molecule has 3 rings (SSSR count). The fraction of sp³-hybridized carbons (Fsp3) is 0.250. The first-order chi connectivity index (χ1) is 14.3. The highest BCUT2D eigenvalue weighted by Crippen LogP contribution is 2.31. The van der Waals surface area contributed by atoms with Crippen LogP contribution in [-0.4, -0.2) is 28.8 Å². The van der Waals surface area contributed by atoms with E-state index in [9.17, 15) is 22.8 Å². The van der Waals surface area contributed by atoms with Gasteiger partial charge in [-0.1, -0.05) is 6.07 Å². The van der Waals surface area contributed by atoms with Gasteiger partial charge in [0.05, 0.1) is 18.4 Å². The number of halogens is 3. The third-order valence-corrected chi connectivity index (χ3v) is 4.18. The highest BCUT2D eigenvalue weighted by atomic mass is 19.4. The highest BCUT2D eigenvalue weighted by molar-refractivity contribution is 5.79. The second-order valence-electron chi connectivity index (χ2n) is 6.32. The number of carbonyl (C=O) groups excluding carboxylic acids is 1. The maximum atomic E-state index is 12.7. The Morgan fingerprint density at radius 3 is 2.73 bits per heavy atom. The molecule has 0 aliphatic heterocycles. The van der Waals surface area contributed by atoms with E-state index in [1.807, 2.05) is 0 Å². The third kappa shape index (κ3) is 5.07. The van der Waals surface area contributed by atoms with Crippen molar-refractivity contribution in [2.45, 2.75) is 19.1 Å². The van der Waals surface area contributed by atoms with E-state index in [1.165, 1.54) is 37.5 Å². The van der Waals surface area contributed by atoms with E-state index in [1.54, 1.807) is 12.1 Å². The fourth-order valence-electron chi connectivity index (χ4n) is 2.62. The number of hydrogen-bond donors (Lipinski definition) is 1. The second-order valence-corrected chi connectivity index (χ2v) is 6.32. The maximum absolute atomic E-state index is 12.7. The largest absolute Gasteiger partial charge is 0.492 e. The first-order valence-electron chi connectivity index (χ1n) is 8.97. The molecule has 0 spiro atoms. The first-order valence-corrected chi connectivity index (χ1v) is 8.97. The number of carbonyl (C=O) groups is 1. The minimum atomic E-state index is -4.46. The molecule has 1 atom stereocenters. The standard InChI is InChI=1S/C20H18F3N3O4/c1-13(26-18(27)8-7-16(25-26)17-6-3-10-30-17)19(28)24-9-11-29-15-5-2-4-14(12-15)20(21,22)23/h2-8,10,12-13H,9,11H2,1H3,(H,24,28). The molecule has 1 N–H and O–H groups in total. The molecule has 3 aromatic rings.